The van der Waals surface area contributed by atoms with Crippen molar-refractivity contribution in [1.29, 1.82) is 0 Å². The van der Waals surface area contributed by atoms with Gasteiger partial charge in [-0.3, -0.25) is 9.59 Å². The molecule has 2 aliphatic rings. The van der Waals surface area contributed by atoms with E-state index in [2.05, 4.69) is 20.9 Å². The number of amides is 2. The van der Waals surface area contributed by atoms with Crippen LogP contribution in [0.3, 0.4) is 0 Å². The van der Waals surface area contributed by atoms with Crippen molar-refractivity contribution in [3.8, 4) is 0 Å². The van der Waals surface area contributed by atoms with Gasteiger partial charge in [-0.05, 0) is 49.9 Å². The minimum absolute atomic E-state index is 0.0714. The third-order valence-corrected chi connectivity index (χ3v) is 6.33. The number of hydrogen-bond donors (Lipinski definition) is 4. The number of aromatic nitrogens is 1. The Bertz CT molecular complexity index is 1050. The fourth-order valence-electron chi connectivity index (χ4n) is 4.43. The Kier molecular flexibility index (Phi) is 6.29. The Morgan fingerprint density at radius 1 is 1.21 bits per heavy atom. The van der Waals surface area contributed by atoms with E-state index in [0.717, 1.165) is 35.5 Å². The second-order valence-electron chi connectivity index (χ2n) is 8.63. The van der Waals surface area contributed by atoms with Gasteiger partial charge in [-0.15, -0.1) is 0 Å². The van der Waals surface area contributed by atoms with E-state index in [4.69, 9.17) is 5.73 Å². The molecule has 5 N–H and O–H groups in total. The Morgan fingerprint density at radius 3 is 2.67 bits per heavy atom. The summed E-state index contributed by atoms with van der Waals surface area (Å²) in [5, 5.41) is 8.32. The molecule has 0 bridgehead atoms. The van der Waals surface area contributed by atoms with Crippen LogP contribution in [0.4, 0.5) is 19.0 Å². The number of hydrogen-bond acceptors (Lipinski definition) is 5. The molecule has 2 aromatic rings. The average molecular weight is 461 g/mol. The molecule has 1 saturated heterocycles. The topological polar surface area (TPSA) is 109 Å². The van der Waals surface area contributed by atoms with Crippen molar-refractivity contribution < 1.29 is 22.8 Å². The summed E-state index contributed by atoms with van der Waals surface area (Å²) < 4.78 is 42.7. The van der Waals surface area contributed by atoms with Crippen molar-refractivity contribution in [3.63, 3.8) is 0 Å². The molecule has 33 heavy (non-hydrogen) atoms. The molecular formula is C23H26F3N5O2. The van der Waals surface area contributed by atoms with Crippen LogP contribution in [0.25, 0.3) is 0 Å². The van der Waals surface area contributed by atoms with Gasteiger partial charge in [0.15, 0.2) is 0 Å². The first-order valence-corrected chi connectivity index (χ1v) is 10.9. The lowest BCUT2D eigenvalue weighted by atomic mass is 9.92. The SMILES string of the molecule is C[C@H](NC(=O)[C@H]1CC(C(F)(F)c2ccc(F)cc2)CN1)C(=O)N[C@@H]1CCc2nc(N)ccc21. The Hall–Kier alpha value is -3.14. The van der Waals surface area contributed by atoms with E-state index < -0.39 is 35.6 Å². The van der Waals surface area contributed by atoms with Crippen LogP contribution in [0.5, 0.6) is 0 Å². The molecule has 1 aliphatic heterocycles. The average Bonchev–Trinajstić information content (AvgIpc) is 3.42. The number of aryl methyl sites for hydroxylation is 1. The van der Waals surface area contributed by atoms with E-state index in [9.17, 15) is 22.8 Å². The first-order chi connectivity index (χ1) is 15.6. The molecule has 2 heterocycles. The number of nitrogens with one attached hydrogen (secondary N) is 3. The standard InChI is InChI=1S/C23H26F3N5O2/c1-12(21(32)31-18-8-7-17-16(18)6-9-20(27)30-17)29-22(33)19-10-14(11-28-19)23(25,26)13-2-4-15(24)5-3-13/h2-6,9,12,14,18-19,28H,7-8,10-11H2,1H3,(H2,27,30)(H,29,33)(H,31,32)/t12-,14?,18+,19+/m0/s1. The summed E-state index contributed by atoms with van der Waals surface area (Å²) in [7, 11) is 0. The zero-order valence-electron chi connectivity index (χ0n) is 18.1. The molecule has 1 aromatic heterocycles. The monoisotopic (exact) mass is 461 g/mol. The third kappa shape index (κ3) is 4.80. The number of carbonyl (C=O) groups is 2. The lowest BCUT2D eigenvalue weighted by Gasteiger charge is -2.23. The second-order valence-corrected chi connectivity index (χ2v) is 8.63. The molecule has 1 unspecified atom stereocenters. The van der Waals surface area contributed by atoms with Crippen molar-refractivity contribution in [2.75, 3.05) is 12.3 Å². The second kappa shape index (κ2) is 9.01. The number of alkyl halides is 2. The van der Waals surface area contributed by atoms with Crippen LogP contribution >= 0.6 is 0 Å². The maximum Gasteiger partial charge on any atom is 0.277 e. The third-order valence-electron chi connectivity index (χ3n) is 6.33. The van der Waals surface area contributed by atoms with Gasteiger partial charge in [0, 0.05) is 23.7 Å². The quantitative estimate of drug-likeness (QED) is 0.527. The molecule has 10 heteroatoms. The first-order valence-electron chi connectivity index (χ1n) is 10.9. The Labute approximate surface area is 189 Å². The number of pyridine rings is 1. The van der Waals surface area contributed by atoms with Gasteiger partial charge in [-0.2, -0.15) is 0 Å². The molecule has 1 aromatic carbocycles. The van der Waals surface area contributed by atoms with Gasteiger partial charge in [0.05, 0.1) is 12.1 Å². The predicted octanol–water partition coefficient (Wildman–Crippen LogP) is 2.18. The van der Waals surface area contributed by atoms with E-state index in [1.165, 1.54) is 0 Å². The molecule has 0 saturated carbocycles. The molecule has 4 rings (SSSR count). The Balaban J connectivity index is 1.31. The highest BCUT2D eigenvalue weighted by Gasteiger charge is 2.46. The first kappa shape index (κ1) is 23.0. The smallest absolute Gasteiger partial charge is 0.277 e. The molecule has 1 fully saturated rings. The molecular weight excluding hydrogens is 435 g/mol. The van der Waals surface area contributed by atoms with Crippen LogP contribution in [0.1, 0.15) is 42.6 Å². The maximum atomic E-state index is 14.8. The molecule has 7 nitrogen and oxygen atoms in total. The Morgan fingerprint density at radius 2 is 1.94 bits per heavy atom. The van der Waals surface area contributed by atoms with E-state index in [1.807, 2.05) is 6.07 Å². The fraction of sp³-hybridized carbons (Fsp3) is 0.435. The molecule has 176 valence electrons. The predicted molar refractivity (Wildman–Crippen MR) is 116 cm³/mol. The number of rotatable bonds is 6. The number of anilines is 1. The van der Waals surface area contributed by atoms with Crippen LogP contribution in [-0.2, 0) is 21.9 Å². The summed E-state index contributed by atoms with van der Waals surface area (Å²) in [6, 6.07) is 5.69. The van der Waals surface area contributed by atoms with Gasteiger partial charge in [0.2, 0.25) is 11.8 Å². The number of carbonyl (C=O) groups excluding carboxylic acids is 2. The summed E-state index contributed by atoms with van der Waals surface area (Å²) in [4.78, 5) is 29.5. The minimum atomic E-state index is -3.22. The molecule has 4 atom stereocenters. The highest BCUT2D eigenvalue weighted by Crippen LogP contribution is 2.40. The van der Waals surface area contributed by atoms with Crippen molar-refractivity contribution in [1.82, 2.24) is 20.9 Å². The summed E-state index contributed by atoms with van der Waals surface area (Å²) in [5.41, 5.74) is 7.16. The van der Waals surface area contributed by atoms with Gasteiger partial charge in [-0.1, -0.05) is 18.2 Å². The van der Waals surface area contributed by atoms with Gasteiger partial charge < -0.3 is 21.7 Å². The largest absolute Gasteiger partial charge is 0.384 e. The zero-order chi connectivity index (χ0) is 23.8. The van der Waals surface area contributed by atoms with Crippen LogP contribution in [0.15, 0.2) is 36.4 Å². The molecule has 2 amide bonds. The minimum Gasteiger partial charge on any atom is -0.384 e. The number of nitrogen functional groups attached to an aromatic ring is 1. The highest BCUT2D eigenvalue weighted by molar-refractivity contribution is 5.89. The summed E-state index contributed by atoms with van der Waals surface area (Å²) >= 11 is 0. The summed E-state index contributed by atoms with van der Waals surface area (Å²) in [6.45, 7) is 1.47. The van der Waals surface area contributed by atoms with Gasteiger partial charge in [0.1, 0.15) is 17.7 Å². The number of nitrogens with two attached hydrogens (primary N) is 1. The summed E-state index contributed by atoms with van der Waals surface area (Å²) in [6.07, 6.45) is 1.28. The number of fused-ring (bicyclic) bond motifs is 1. The van der Waals surface area contributed by atoms with Gasteiger partial charge in [0.25, 0.3) is 5.92 Å². The van der Waals surface area contributed by atoms with Crippen molar-refractivity contribution in [2.24, 2.45) is 5.92 Å². The number of halogens is 3. The molecule has 0 spiro atoms. The van der Waals surface area contributed by atoms with Crippen molar-refractivity contribution in [2.45, 2.75) is 50.2 Å². The van der Waals surface area contributed by atoms with E-state index >= 15 is 0 Å². The number of benzene rings is 1. The van der Waals surface area contributed by atoms with Crippen LogP contribution in [-0.4, -0.2) is 35.4 Å². The van der Waals surface area contributed by atoms with Crippen LogP contribution in [0.2, 0.25) is 0 Å². The zero-order valence-corrected chi connectivity index (χ0v) is 18.1. The van der Waals surface area contributed by atoms with Gasteiger partial charge in [-0.25, -0.2) is 18.2 Å². The van der Waals surface area contributed by atoms with E-state index in [-0.39, 0.29) is 30.5 Å². The number of nitrogens with zero attached hydrogens (tertiary/aromatic N) is 1. The van der Waals surface area contributed by atoms with E-state index in [1.54, 1.807) is 13.0 Å². The van der Waals surface area contributed by atoms with Crippen molar-refractivity contribution in [3.05, 3.63) is 59.0 Å². The normalized spacial score (nSPS) is 23.1. The van der Waals surface area contributed by atoms with E-state index in [0.29, 0.717) is 18.7 Å². The van der Waals surface area contributed by atoms with Crippen LogP contribution < -0.4 is 21.7 Å². The maximum absolute atomic E-state index is 14.8. The molecule has 1 aliphatic carbocycles. The summed E-state index contributed by atoms with van der Waals surface area (Å²) in [5.74, 6) is -5.40. The fourth-order valence-corrected chi connectivity index (χ4v) is 4.43. The molecule has 0 radical (unpaired) electrons. The van der Waals surface area contributed by atoms with Crippen molar-refractivity contribution >= 4 is 17.6 Å². The van der Waals surface area contributed by atoms with Gasteiger partial charge >= 0.3 is 0 Å². The highest BCUT2D eigenvalue weighted by atomic mass is 19.3. The van der Waals surface area contributed by atoms with Crippen LogP contribution in [0, 0.1) is 11.7 Å². The lowest BCUT2D eigenvalue weighted by Crippen LogP contribution is -2.50. The lowest BCUT2D eigenvalue weighted by molar-refractivity contribution is -0.130.